The van der Waals surface area contributed by atoms with Gasteiger partial charge in [-0.2, -0.15) is 0 Å². The molecule has 0 aliphatic rings. The normalized spacial score (nSPS) is 9.88. The van der Waals surface area contributed by atoms with Gasteiger partial charge in [0, 0.05) is 5.69 Å². The molecule has 3 heteroatoms. The first-order chi connectivity index (χ1) is 8.24. The van der Waals surface area contributed by atoms with Gasteiger partial charge in [-0.1, -0.05) is 47.9 Å². The predicted molar refractivity (Wildman–Crippen MR) is 73.4 cm³/mol. The quantitative estimate of drug-likeness (QED) is 0.776. The third kappa shape index (κ3) is 3.49. The van der Waals surface area contributed by atoms with Crippen molar-refractivity contribution in [1.29, 1.82) is 0 Å². The van der Waals surface area contributed by atoms with Gasteiger partial charge < -0.3 is 5.32 Å². The van der Waals surface area contributed by atoms with E-state index in [1.807, 2.05) is 62.4 Å². The van der Waals surface area contributed by atoms with Crippen molar-refractivity contribution in [2.45, 2.75) is 6.42 Å². The third-order valence-corrected chi connectivity index (χ3v) is 2.54. The molecule has 0 heterocycles. The Hall–Kier alpha value is -2.03. The largest absolute Gasteiger partial charge is 0.326 e. The molecule has 0 spiro atoms. The summed E-state index contributed by atoms with van der Waals surface area (Å²) >= 11 is 0. The molecular formula is C14H14BNO. The second kappa shape index (κ2) is 5.35. The lowest BCUT2D eigenvalue weighted by Gasteiger charge is -2.05. The van der Waals surface area contributed by atoms with Gasteiger partial charge >= 0.3 is 0 Å². The van der Waals surface area contributed by atoms with Crippen LogP contribution in [0.2, 0.25) is 0 Å². The van der Waals surface area contributed by atoms with E-state index in [4.69, 9.17) is 0 Å². The molecule has 2 aromatic rings. The molecule has 0 unspecified atom stereocenters. The van der Waals surface area contributed by atoms with E-state index in [1.54, 1.807) is 0 Å². The van der Waals surface area contributed by atoms with E-state index in [2.05, 4.69) is 5.32 Å². The molecule has 1 amide bonds. The van der Waals surface area contributed by atoms with E-state index in [9.17, 15) is 4.79 Å². The summed E-state index contributed by atoms with van der Waals surface area (Å²) in [5.41, 5.74) is 3.06. The lowest BCUT2D eigenvalue weighted by molar-refractivity contribution is -0.115. The number of hydrogen-bond acceptors (Lipinski definition) is 1. The second-order valence-electron chi connectivity index (χ2n) is 4.08. The van der Waals surface area contributed by atoms with Crippen LogP contribution in [0.25, 0.3) is 0 Å². The predicted octanol–water partition coefficient (Wildman–Crippen LogP) is 1.13. The zero-order valence-electron chi connectivity index (χ0n) is 9.81. The number of nitrogens with one attached hydrogen (secondary N) is 1. The molecule has 0 aliphatic heterocycles. The Labute approximate surface area is 102 Å². The van der Waals surface area contributed by atoms with E-state index in [-0.39, 0.29) is 5.91 Å². The molecular weight excluding hydrogens is 209 g/mol. The van der Waals surface area contributed by atoms with Gasteiger partial charge in [0.05, 0.1) is 6.42 Å². The Kier molecular flexibility index (Phi) is 3.60. The first kappa shape index (κ1) is 11.5. The molecule has 1 N–H and O–H groups in total. The highest BCUT2D eigenvalue weighted by Gasteiger charge is 2.03. The maximum atomic E-state index is 11.8. The van der Waals surface area contributed by atoms with Crippen molar-refractivity contribution in [3.63, 3.8) is 0 Å². The topological polar surface area (TPSA) is 29.1 Å². The van der Waals surface area contributed by atoms with Crippen molar-refractivity contribution in [3.8, 4) is 0 Å². The Morgan fingerprint density at radius 1 is 1.00 bits per heavy atom. The minimum absolute atomic E-state index is 0.0139. The highest BCUT2D eigenvalue weighted by molar-refractivity contribution is 6.32. The lowest BCUT2D eigenvalue weighted by Crippen LogP contribution is -2.14. The van der Waals surface area contributed by atoms with Crippen molar-refractivity contribution in [2.24, 2.45) is 0 Å². The molecule has 0 fully saturated rings. The third-order valence-electron chi connectivity index (χ3n) is 2.54. The van der Waals surface area contributed by atoms with E-state index in [0.29, 0.717) is 6.42 Å². The van der Waals surface area contributed by atoms with Gasteiger partial charge in [-0.15, -0.1) is 0 Å². The van der Waals surface area contributed by atoms with Crippen LogP contribution in [0.4, 0.5) is 5.69 Å². The summed E-state index contributed by atoms with van der Waals surface area (Å²) in [6.07, 6.45) is 0.411. The van der Waals surface area contributed by atoms with E-state index in [1.165, 1.54) is 5.46 Å². The van der Waals surface area contributed by atoms with Gasteiger partial charge in [-0.3, -0.25) is 4.79 Å². The van der Waals surface area contributed by atoms with Crippen molar-refractivity contribution in [2.75, 3.05) is 5.32 Å². The first-order valence-electron chi connectivity index (χ1n) is 5.64. The summed E-state index contributed by atoms with van der Waals surface area (Å²) in [5, 5.41) is 2.88. The summed E-state index contributed by atoms with van der Waals surface area (Å²) < 4.78 is 0. The van der Waals surface area contributed by atoms with E-state index < -0.39 is 0 Å². The zero-order valence-corrected chi connectivity index (χ0v) is 9.81. The highest BCUT2D eigenvalue weighted by atomic mass is 16.1. The minimum atomic E-state index is 0.0139. The standard InChI is InChI=1S/C14H14BNO/c15-12-6-8-13(9-7-12)16-14(17)10-11-4-2-1-3-5-11/h1-9H,10,15H2,(H,16,17). The molecule has 84 valence electrons. The van der Waals surface area contributed by atoms with Crippen LogP contribution in [0, 0.1) is 0 Å². The van der Waals surface area contributed by atoms with Crippen molar-refractivity contribution in [1.82, 2.24) is 0 Å². The van der Waals surface area contributed by atoms with Crippen LogP contribution in [0.5, 0.6) is 0 Å². The molecule has 0 aliphatic carbocycles. The van der Waals surface area contributed by atoms with Crippen molar-refractivity contribution >= 4 is 24.9 Å². The summed E-state index contributed by atoms with van der Waals surface area (Å²) in [4.78, 5) is 11.8. The Balaban J connectivity index is 1.96. The Morgan fingerprint density at radius 3 is 2.29 bits per heavy atom. The fraction of sp³-hybridized carbons (Fsp3) is 0.0714. The SMILES string of the molecule is Bc1ccc(NC(=O)Cc2ccccc2)cc1. The number of carbonyl (C=O) groups excluding carboxylic acids is 1. The van der Waals surface area contributed by atoms with Gasteiger partial charge in [0.15, 0.2) is 0 Å². The molecule has 0 bridgehead atoms. The van der Waals surface area contributed by atoms with E-state index >= 15 is 0 Å². The number of hydrogen-bond donors (Lipinski definition) is 1. The molecule has 0 saturated heterocycles. The molecule has 2 aromatic carbocycles. The smallest absolute Gasteiger partial charge is 0.228 e. The average molecular weight is 223 g/mol. The van der Waals surface area contributed by atoms with Crippen molar-refractivity contribution < 1.29 is 4.79 Å². The maximum Gasteiger partial charge on any atom is 0.228 e. The molecule has 2 nitrogen and oxygen atoms in total. The number of amides is 1. The van der Waals surface area contributed by atoms with Gasteiger partial charge in [-0.05, 0) is 17.7 Å². The summed E-state index contributed by atoms with van der Waals surface area (Å²) in [7, 11) is 2.02. The molecule has 0 aromatic heterocycles. The molecule has 2 rings (SSSR count). The van der Waals surface area contributed by atoms with Crippen molar-refractivity contribution in [3.05, 3.63) is 60.2 Å². The van der Waals surface area contributed by atoms with Crippen LogP contribution in [0.1, 0.15) is 5.56 Å². The fourth-order valence-electron chi connectivity index (χ4n) is 1.62. The van der Waals surface area contributed by atoms with Crippen LogP contribution in [-0.4, -0.2) is 13.8 Å². The highest BCUT2D eigenvalue weighted by Crippen LogP contribution is 2.06. The van der Waals surface area contributed by atoms with Crippen LogP contribution in [-0.2, 0) is 11.2 Å². The maximum absolute atomic E-state index is 11.8. The first-order valence-corrected chi connectivity index (χ1v) is 5.64. The molecule has 0 saturated carbocycles. The minimum Gasteiger partial charge on any atom is -0.326 e. The zero-order chi connectivity index (χ0) is 12.1. The van der Waals surface area contributed by atoms with Crippen LogP contribution >= 0.6 is 0 Å². The van der Waals surface area contributed by atoms with Crippen LogP contribution < -0.4 is 10.8 Å². The fourth-order valence-corrected chi connectivity index (χ4v) is 1.62. The summed E-state index contributed by atoms with van der Waals surface area (Å²) in [6.45, 7) is 0. The van der Waals surface area contributed by atoms with Gasteiger partial charge in [-0.25, -0.2) is 0 Å². The average Bonchev–Trinajstić information content (AvgIpc) is 2.33. The Bertz CT molecular complexity index is 493. The number of carbonyl (C=O) groups is 1. The summed E-state index contributed by atoms with van der Waals surface area (Å²) in [6, 6.07) is 17.5. The monoisotopic (exact) mass is 223 g/mol. The Morgan fingerprint density at radius 2 is 1.65 bits per heavy atom. The molecule has 17 heavy (non-hydrogen) atoms. The second-order valence-corrected chi connectivity index (χ2v) is 4.08. The molecule has 0 atom stereocenters. The van der Waals surface area contributed by atoms with Gasteiger partial charge in [0.2, 0.25) is 5.91 Å². The summed E-state index contributed by atoms with van der Waals surface area (Å²) in [5.74, 6) is 0.0139. The number of anilines is 1. The van der Waals surface area contributed by atoms with Crippen LogP contribution in [0.15, 0.2) is 54.6 Å². The lowest BCUT2D eigenvalue weighted by atomic mass is 9.96. The van der Waals surface area contributed by atoms with E-state index in [0.717, 1.165) is 11.3 Å². The van der Waals surface area contributed by atoms with Crippen LogP contribution in [0.3, 0.4) is 0 Å². The number of benzene rings is 2. The molecule has 0 radical (unpaired) electrons. The van der Waals surface area contributed by atoms with Gasteiger partial charge in [0.1, 0.15) is 7.85 Å². The number of rotatable bonds is 3. The van der Waals surface area contributed by atoms with Gasteiger partial charge in [0.25, 0.3) is 0 Å².